The van der Waals surface area contributed by atoms with Gasteiger partial charge in [0.1, 0.15) is 31.3 Å². The van der Waals surface area contributed by atoms with Crippen molar-refractivity contribution in [3.8, 4) is 11.5 Å². The van der Waals surface area contributed by atoms with Gasteiger partial charge in [-0.05, 0) is 85.6 Å². The number of rotatable bonds is 23. The lowest BCUT2D eigenvalue weighted by molar-refractivity contribution is 0.214. The molecule has 0 amide bonds. The average molecular weight is 601 g/mol. The second kappa shape index (κ2) is 22.4. The van der Waals surface area contributed by atoms with Crippen molar-refractivity contribution in [1.29, 1.82) is 0 Å². The number of allylic oxidation sites excluding steroid dienone is 7. The van der Waals surface area contributed by atoms with E-state index < -0.39 is 0 Å². The van der Waals surface area contributed by atoms with E-state index in [9.17, 15) is 0 Å². The van der Waals surface area contributed by atoms with Gasteiger partial charge in [0.2, 0.25) is 0 Å². The molecule has 0 fully saturated rings. The molecule has 44 heavy (non-hydrogen) atoms. The maximum absolute atomic E-state index is 6.30. The summed E-state index contributed by atoms with van der Waals surface area (Å²) in [6, 6.07) is 8.83. The number of benzene rings is 2. The summed E-state index contributed by atoms with van der Waals surface area (Å²) in [6.07, 6.45) is 23.7. The second-order valence-electron chi connectivity index (χ2n) is 10.3. The molecule has 238 valence electrons. The van der Waals surface area contributed by atoms with Gasteiger partial charge in [-0.15, -0.1) is 0 Å². The van der Waals surface area contributed by atoms with E-state index in [1.807, 2.05) is 6.08 Å². The van der Waals surface area contributed by atoms with Crippen LogP contribution in [0.5, 0.6) is 11.5 Å². The molecule has 0 N–H and O–H groups in total. The van der Waals surface area contributed by atoms with Crippen molar-refractivity contribution in [3.63, 3.8) is 0 Å². The van der Waals surface area contributed by atoms with E-state index in [1.54, 1.807) is 43.1 Å². The van der Waals surface area contributed by atoms with Gasteiger partial charge in [0.25, 0.3) is 0 Å². The van der Waals surface area contributed by atoms with E-state index in [1.165, 1.54) is 5.56 Å². The highest BCUT2D eigenvalue weighted by Gasteiger charge is 2.17. The lowest BCUT2D eigenvalue weighted by Gasteiger charge is -2.19. The van der Waals surface area contributed by atoms with Crippen LogP contribution in [0.2, 0.25) is 0 Å². The minimum Gasteiger partial charge on any atom is -0.497 e. The van der Waals surface area contributed by atoms with E-state index in [4.69, 9.17) is 23.7 Å². The summed E-state index contributed by atoms with van der Waals surface area (Å²) in [5.41, 5.74) is 6.48. The van der Waals surface area contributed by atoms with Crippen molar-refractivity contribution in [3.05, 3.63) is 132 Å². The smallest absolute Gasteiger partial charge is 0.132 e. The molecule has 0 aliphatic heterocycles. The Kier molecular flexibility index (Phi) is 18.4. The maximum atomic E-state index is 6.30. The SMILES string of the molecule is C=CC=COCc1cc(Cc2cc(COC=CC=C)c(OCCC)c(COC=CCC)c2)cc(CC=CCC)c1OCCC. The van der Waals surface area contributed by atoms with Crippen LogP contribution in [-0.2, 0) is 46.9 Å². The molecule has 0 saturated carbocycles. The van der Waals surface area contributed by atoms with Crippen LogP contribution >= 0.6 is 0 Å². The molecule has 0 spiro atoms. The summed E-state index contributed by atoms with van der Waals surface area (Å²) in [6.45, 7) is 18.4. The van der Waals surface area contributed by atoms with Crippen LogP contribution in [0, 0.1) is 0 Å². The molecule has 2 rings (SSSR count). The number of hydrogen-bond acceptors (Lipinski definition) is 5. The summed E-state index contributed by atoms with van der Waals surface area (Å²) in [4.78, 5) is 0. The first-order chi connectivity index (χ1) is 21.6. The molecule has 0 saturated heterocycles. The lowest BCUT2D eigenvalue weighted by Crippen LogP contribution is -2.07. The van der Waals surface area contributed by atoms with Crippen molar-refractivity contribution in [1.82, 2.24) is 0 Å². The minimum atomic E-state index is 0.376. The van der Waals surface area contributed by atoms with Gasteiger partial charge < -0.3 is 23.7 Å². The summed E-state index contributed by atoms with van der Waals surface area (Å²) >= 11 is 0. The van der Waals surface area contributed by atoms with E-state index in [2.05, 4.69) is 77.3 Å². The Morgan fingerprint density at radius 3 is 1.48 bits per heavy atom. The highest BCUT2D eigenvalue weighted by atomic mass is 16.5. The minimum absolute atomic E-state index is 0.376. The van der Waals surface area contributed by atoms with Crippen LogP contribution in [0.25, 0.3) is 0 Å². The highest BCUT2D eigenvalue weighted by molar-refractivity contribution is 5.49. The molecule has 0 bridgehead atoms. The molecule has 0 atom stereocenters. The standard InChI is InChI=1S/C39H52O5/c1-7-13-17-18-34-25-32(26-35(29-40-21-14-8-2)38(34)43-19-11-5)24-33-27-36(30-41-22-15-9-3)39(44-20-12-6)37(28-33)31-42-23-16-10-4/h8-9,13-17,21-23,25-28H,2-3,7,10-12,18-20,24,29-31H2,1,4-6H3. The Balaban J connectivity index is 2.61. The third-order valence-corrected chi connectivity index (χ3v) is 6.42. The average Bonchev–Trinajstić information content (AvgIpc) is 3.02. The van der Waals surface area contributed by atoms with E-state index in [0.29, 0.717) is 33.0 Å². The van der Waals surface area contributed by atoms with Crippen LogP contribution in [-0.4, -0.2) is 13.2 Å². The molecule has 5 nitrogen and oxygen atoms in total. The maximum Gasteiger partial charge on any atom is 0.132 e. The predicted molar refractivity (Wildman–Crippen MR) is 183 cm³/mol. The fourth-order valence-electron chi connectivity index (χ4n) is 4.52. The first-order valence-corrected chi connectivity index (χ1v) is 15.9. The van der Waals surface area contributed by atoms with Crippen molar-refractivity contribution in [2.24, 2.45) is 0 Å². The molecule has 2 aromatic carbocycles. The normalized spacial score (nSPS) is 11.5. The van der Waals surface area contributed by atoms with Gasteiger partial charge in [-0.25, -0.2) is 0 Å². The summed E-state index contributed by atoms with van der Waals surface area (Å²) in [5, 5.41) is 0. The fourth-order valence-corrected chi connectivity index (χ4v) is 4.52. The first kappa shape index (κ1) is 36.1. The largest absolute Gasteiger partial charge is 0.497 e. The van der Waals surface area contributed by atoms with Gasteiger partial charge in [-0.3, -0.25) is 0 Å². The Morgan fingerprint density at radius 1 is 0.568 bits per heavy atom. The Morgan fingerprint density at radius 2 is 1.02 bits per heavy atom. The summed E-state index contributed by atoms with van der Waals surface area (Å²) in [5.74, 6) is 1.73. The summed E-state index contributed by atoms with van der Waals surface area (Å²) in [7, 11) is 0. The molecule has 2 aromatic rings. The molecular weight excluding hydrogens is 548 g/mol. The molecule has 0 unspecified atom stereocenters. The van der Waals surface area contributed by atoms with Gasteiger partial charge in [-0.1, -0.05) is 77.3 Å². The van der Waals surface area contributed by atoms with Gasteiger partial charge in [0.05, 0.1) is 32.0 Å². The molecule has 5 heteroatoms. The van der Waals surface area contributed by atoms with E-state index >= 15 is 0 Å². The van der Waals surface area contributed by atoms with Gasteiger partial charge in [0.15, 0.2) is 0 Å². The van der Waals surface area contributed by atoms with Crippen LogP contribution in [0.1, 0.15) is 86.8 Å². The first-order valence-electron chi connectivity index (χ1n) is 15.9. The zero-order chi connectivity index (χ0) is 31.8. The highest BCUT2D eigenvalue weighted by Crippen LogP contribution is 2.32. The number of ether oxygens (including phenoxy) is 5. The van der Waals surface area contributed by atoms with Crippen LogP contribution in [0.4, 0.5) is 0 Å². The fraction of sp³-hybridized carbons (Fsp3) is 0.385. The second-order valence-corrected chi connectivity index (χ2v) is 10.3. The van der Waals surface area contributed by atoms with Crippen LogP contribution < -0.4 is 9.47 Å². The van der Waals surface area contributed by atoms with Gasteiger partial charge in [-0.2, -0.15) is 0 Å². The topological polar surface area (TPSA) is 46.2 Å². The Labute approximate surface area is 266 Å². The van der Waals surface area contributed by atoms with E-state index in [0.717, 1.165) is 77.8 Å². The van der Waals surface area contributed by atoms with Crippen molar-refractivity contribution in [2.75, 3.05) is 13.2 Å². The Bertz CT molecular complexity index is 1250. The zero-order valence-corrected chi connectivity index (χ0v) is 27.3. The molecular formula is C39H52O5. The quantitative estimate of drug-likeness (QED) is 0.0721. The monoisotopic (exact) mass is 600 g/mol. The molecule has 0 aliphatic rings. The van der Waals surface area contributed by atoms with Crippen molar-refractivity contribution >= 4 is 0 Å². The van der Waals surface area contributed by atoms with Crippen molar-refractivity contribution < 1.29 is 23.7 Å². The Hall–Kier alpha value is -4.12. The van der Waals surface area contributed by atoms with Crippen LogP contribution in [0.15, 0.2) is 98.7 Å². The molecule has 0 heterocycles. The van der Waals surface area contributed by atoms with Crippen molar-refractivity contribution in [2.45, 2.75) is 86.0 Å². The molecule has 0 aromatic heterocycles. The number of hydrogen-bond donors (Lipinski definition) is 0. The third-order valence-electron chi connectivity index (χ3n) is 6.42. The van der Waals surface area contributed by atoms with Gasteiger partial charge in [0, 0.05) is 16.7 Å². The predicted octanol–water partition coefficient (Wildman–Crippen LogP) is 10.2. The van der Waals surface area contributed by atoms with Gasteiger partial charge >= 0.3 is 0 Å². The molecule has 0 aliphatic carbocycles. The molecule has 0 radical (unpaired) electrons. The zero-order valence-electron chi connectivity index (χ0n) is 27.3. The van der Waals surface area contributed by atoms with Crippen LogP contribution in [0.3, 0.4) is 0 Å². The lowest BCUT2D eigenvalue weighted by atomic mass is 9.95. The third kappa shape index (κ3) is 13.0. The van der Waals surface area contributed by atoms with E-state index in [-0.39, 0.29) is 0 Å². The summed E-state index contributed by atoms with van der Waals surface area (Å²) < 4.78 is 30.2.